The summed E-state index contributed by atoms with van der Waals surface area (Å²) in [7, 11) is 1.60. The number of rotatable bonds is 10. The maximum atomic E-state index is 13.1. The maximum absolute atomic E-state index is 13.1. The molecule has 252 valence electrons. The average Bonchev–Trinajstić information content (AvgIpc) is 2.91. The fourth-order valence-corrected chi connectivity index (χ4v) is 7.61. The standard InChI is InChI=1S/C29H53N7O8/c1-28(40)12-42-26(22(38)25(28)34-2)44-24-19(36-27(39)29(41)8-15(31)9-29)7-18(33)20(21(24)37)23-17(32)4-3-16(43-23)11-35-10-13-5-14(30)6-13/h3,13-15,17-26,34-35,37-38,40-41H,4-12,30-33H2,1-2H3,(H,36,39)/t13-,14-,15?,17-,18+,19-,20?,21+,22-,23+,24+,25-,26-,28+,29?/m1/s1. The minimum Gasteiger partial charge on any atom is -0.492 e. The first-order chi connectivity index (χ1) is 20.7. The lowest BCUT2D eigenvalue weighted by molar-refractivity contribution is -0.297. The van der Waals surface area contributed by atoms with Crippen molar-refractivity contribution in [1.29, 1.82) is 0 Å². The Bertz CT molecular complexity index is 1040. The Balaban J connectivity index is 1.31. The van der Waals surface area contributed by atoms with Gasteiger partial charge in [-0.25, -0.2) is 0 Å². The van der Waals surface area contributed by atoms with Gasteiger partial charge in [-0.05, 0) is 58.2 Å². The van der Waals surface area contributed by atoms with Gasteiger partial charge in [0.05, 0.1) is 31.3 Å². The monoisotopic (exact) mass is 627 g/mol. The van der Waals surface area contributed by atoms with E-state index in [1.54, 1.807) is 7.05 Å². The van der Waals surface area contributed by atoms with Gasteiger partial charge >= 0.3 is 0 Å². The van der Waals surface area contributed by atoms with Crippen molar-refractivity contribution in [2.45, 2.75) is 124 Å². The number of aliphatic hydroxyl groups is 4. The molecule has 44 heavy (non-hydrogen) atoms. The number of amides is 1. The summed E-state index contributed by atoms with van der Waals surface area (Å²) < 4.78 is 18.3. The smallest absolute Gasteiger partial charge is 0.252 e. The van der Waals surface area contributed by atoms with Gasteiger partial charge in [-0.1, -0.05) is 0 Å². The number of hydrogen-bond donors (Lipinski definition) is 11. The molecule has 15 nitrogen and oxygen atoms in total. The zero-order valence-electron chi connectivity index (χ0n) is 25.7. The molecule has 0 bridgehead atoms. The summed E-state index contributed by atoms with van der Waals surface area (Å²) in [5.41, 5.74) is 21.9. The molecule has 15 N–H and O–H groups in total. The van der Waals surface area contributed by atoms with Crippen LogP contribution in [0.4, 0.5) is 0 Å². The lowest BCUT2D eigenvalue weighted by atomic mass is 9.71. The number of hydrogen-bond acceptors (Lipinski definition) is 14. The number of carbonyl (C=O) groups excluding carboxylic acids is 1. The summed E-state index contributed by atoms with van der Waals surface area (Å²) >= 11 is 0. The first-order valence-electron chi connectivity index (χ1n) is 15.9. The molecule has 3 saturated carbocycles. The van der Waals surface area contributed by atoms with Gasteiger partial charge in [0, 0.05) is 42.9 Å². The van der Waals surface area contributed by atoms with Crippen LogP contribution in [0.2, 0.25) is 0 Å². The van der Waals surface area contributed by atoms with Crippen molar-refractivity contribution in [3.05, 3.63) is 11.8 Å². The fourth-order valence-electron chi connectivity index (χ4n) is 7.61. The van der Waals surface area contributed by atoms with Crippen molar-refractivity contribution in [2.75, 3.05) is 26.7 Å². The number of carbonyl (C=O) groups is 1. The fraction of sp³-hybridized carbons (Fsp3) is 0.897. The third kappa shape index (κ3) is 6.94. The van der Waals surface area contributed by atoms with E-state index in [-0.39, 0.29) is 38.0 Å². The van der Waals surface area contributed by atoms with Crippen molar-refractivity contribution in [2.24, 2.45) is 34.8 Å². The van der Waals surface area contributed by atoms with Gasteiger partial charge < -0.3 is 73.5 Å². The second kappa shape index (κ2) is 13.3. The highest BCUT2D eigenvalue weighted by atomic mass is 16.7. The van der Waals surface area contributed by atoms with Crippen molar-refractivity contribution in [1.82, 2.24) is 16.0 Å². The second-order valence-electron chi connectivity index (χ2n) is 14.0. The van der Waals surface area contributed by atoms with E-state index >= 15 is 0 Å². The molecule has 1 saturated heterocycles. The van der Waals surface area contributed by atoms with Crippen molar-refractivity contribution < 1.29 is 39.4 Å². The predicted molar refractivity (Wildman–Crippen MR) is 159 cm³/mol. The van der Waals surface area contributed by atoms with Crippen LogP contribution in [0.15, 0.2) is 11.8 Å². The molecule has 0 aromatic rings. The van der Waals surface area contributed by atoms with Crippen LogP contribution in [0.1, 0.15) is 45.4 Å². The topological polar surface area (TPSA) is 266 Å². The number of nitrogens with two attached hydrogens (primary N) is 4. The van der Waals surface area contributed by atoms with Gasteiger partial charge in [-0.2, -0.15) is 0 Å². The molecule has 0 radical (unpaired) electrons. The summed E-state index contributed by atoms with van der Waals surface area (Å²) in [5, 5.41) is 53.6. The molecule has 11 atom stereocenters. The van der Waals surface area contributed by atoms with Crippen LogP contribution in [0.3, 0.4) is 0 Å². The molecule has 0 spiro atoms. The second-order valence-corrected chi connectivity index (χ2v) is 14.0. The predicted octanol–water partition coefficient (Wildman–Crippen LogP) is -4.20. The molecule has 3 aliphatic carbocycles. The highest BCUT2D eigenvalue weighted by Crippen LogP contribution is 2.38. The zero-order chi connectivity index (χ0) is 32.0. The highest BCUT2D eigenvalue weighted by Gasteiger charge is 2.55. The Morgan fingerprint density at radius 2 is 1.77 bits per heavy atom. The van der Waals surface area contributed by atoms with E-state index in [1.165, 1.54) is 6.92 Å². The average molecular weight is 628 g/mol. The lowest BCUT2D eigenvalue weighted by Gasteiger charge is -2.51. The van der Waals surface area contributed by atoms with E-state index in [4.69, 9.17) is 37.1 Å². The minimum atomic E-state index is -1.63. The van der Waals surface area contributed by atoms with Gasteiger partial charge in [0.2, 0.25) is 0 Å². The quantitative estimate of drug-likeness (QED) is 0.110. The van der Waals surface area contributed by atoms with Crippen molar-refractivity contribution in [3.63, 3.8) is 0 Å². The van der Waals surface area contributed by atoms with Gasteiger partial charge in [0.1, 0.15) is 35.3 Å². The van der Waals surface area contributed by atoms with Crippen molar-refractivity contribution in [3.8, 4) is 0 Å². The molecule has 1 unspecified atom stereocenters. The molecule has 0 aromatic heterocycles. The molecule has 4 fully saturated rings. The lowest BCUT2D eigenvalue weighted by Crippen LogP contribution is -2.70. The van der Waals surface area contributed by atoms with Crippen LogP contribution in [0, 0.1) is 11.8 Å². The third-order valence-electron chi connectivity index (χ3n) is 10.2. The van der Waals surface area contributed by atoms with E-state index in [2.05, 4.69) is 16.0 Å². The van der Waals surface area contributed by atoms with E-state index in [1.807, 2.05) is 6.08 Å². The summed E-state index contributed by atoms with van der Waals surface area (Å²) in [6.45, 7) is 2.72. The zero-order valence-corrected chi connectivity index (χ0v) is 25.7. The molecular weight excluding hydrogens is 574 g/mol. The summed E-state index contributed by atoms with van der Waals surface area (Å²) in [6.07, 6.45) is -0.777. The summed E-state index contributed by atoms with van der Waals surface area (Å²) in [5.74, 6) is -0.0729. The third-order valence-corrected chi connectivity index (χ3v) is 10.2. The van der Waals surface area contributed by atoms with Crippen LogP contribution in [0.5, 0.6) is 0 Å². The molecule has 1 amide bonds. The molecule has 5 aliphatic rings. The number of aliphatic hydroxyl groups excluding tert-OH is 2. The van der Waals surface area contributed by atoms with E-state index in [0.717, 1.165) is 19.4 Å². The molecule has 2 aliphatic heterocycles. The Labute approximate surface area is 258 Å². The maximum Gasteiger partial charge on any atom is 0.252 e. The van der Waals surface area contributed by atoms with Gasteiger partial charge in [-0.15, -0.1) is 0 Å². The molecule has 15 heteroatoms. The van der Waals surface area contributed by atoms with E-state index in [9.17, 15) is 25.2 Å². The Hall–Kier alpha value is -1.47. The Kier molecular flexibility index (Phi) is 10.3. The first kappa shape index (κ1) is 33.9. The largest absolute Gasteiger partial charge is 0.492 e. The van der Waals surface area contributed by atoms with Crippen LogP contribution in [-0.4, -0.2) is 131 Å². The number of nitrogens with one attached hydrogen (secondary N) is 3. The number of likely N-dealkylation sites (N-methyl/N-ethyl adjacent to an activating group) is 1. The normalized spacial score (nSPS) is 49.2. The Morgan fingerprint density at radius 3 is 2.41 bits per heavy atom. The van der Waals surface area contributed by atoms with Crippen LogP contribution >= 0.6 is 0 Å². The van der Waals surface area contributed by atoms with Crippen LogP contribution < -0.4 is 38.9 Å². The van der Waals surface area contributed by atoms with Crippen molar-refractivity contribution >= 4 is 5.91 Å². The first-order valence-corrected chi connectivity index (χ1v) is 15.9. The van der Waals surface area contributed by atoms with Gasteiger partial charge in [0.25, 0.3) is 5.91 Å². The Morgan fingerprint density at radius 1 is 1.07 bits per heavy atom. The molecule has 2 heterocycles. The summed E-state index contributed by atoms with van der Waals surface area (Å²) in [4.78, 5) is 13.1. The van der Waals surface area contributed by atoms with Crippen LogP contribution in [0.25, 0.3) is 0 Å². The summed E-state index contributed by atoms with van der Waals surface area (Å²) in [6, 6.07) is -2.77. The van der Waals surface area contributed by atoms with Gasteiger partial charge in [-0.3, -0.25) is 4.79 Å². The van der Waals surface area contributed by atoms with E-state index in [0.29, 0.717) is 24.6 Å². The highest BCUT2D eigenvalue weighted by molar-refractivity contribution is 5.86. The number of ether oxygens (including phenoxy) is 3. The van der Waals surface area contributed by atoms with Crippen LogP contribution in [-0.2, 0) is 19.0 Å². The molecular formula is C29H53N7O8. The van der Waals surface area contributed by atoms with Gasteiger partial charge in [0.15, 0.2) is 6.29 Å². The molecule has 5 rings (SSSR count). The SMILES string of the molecule is CN[C@@H]1[C@@H](O)[C@@H](O[C@H]2[C@H](NC(=O)C3(O)CC(N)C3)C[C@H](N)C([C@H]3OC(CNC[C@H]4C[C@H](N)C4)=CC[C@H]3N)[C@@H]2O)OC[C@]1(C)O. The van der Waals surface area contributed by atoms with E-state index < -0.39 is 77.9 Å². The molecule has 0 aromatic carbocycles. The minimum absolute atomic E-state index is 0.110.